The van der Waals surface area contributed by atoms with Gasteiger partial charge in [-0.1, -0.05) is 71.4 Å². The average molecular weight is 583 g/mol. The third-order valence-corrected chi connectivity index (χ3v) is 6.53. The van der Waals surface area contributed by atoms with E-state index in [0.29, 0.717) is 17.3 Å². The zero-order valence-corrected chi connectivity index (χ0v) is 25.0. The normalized spacial score (nSPS) is 18.0. The lowest BCUT2D eigenvalue weighted by molar-refractivity contribution is -0.124. The highest BCUT2D eigenvalue weighted by Crippen LogP contribution is 2.31. The van der Waals surface area contributed by atoms with Crippen molar-refractivity contribution in [2.75, 3.05) is 12.4 Å². The first kappa shape index (κ1) is 30.9. The largest absolute Gasteiger partial charge is 0.431 e. The first-order valence-electron chi connectivity index (χ1n) is 12.7. The zero-order valence-electron chi connectivity index (χ0n) is 23.4. The fourth-order valence-electron chi connectivity index (χ4n) is 4.03. The summed E-state index contributed by atoms with van der Waals surface area (Å²) in [6.45, 7) is 15.7. The van der Waals surface area contributed by atoms with Crippen LogP contribution in [0.15, 0.2) is 104 Å². The van der Waals surface area contributed by atoms with E-state index in [9.17, 15) is 4.79 Å². The zero-order chi connectivity index (χ0) is 28.2. The van der Waals surface area contributed by atoms with E-state index in [-0.39, 0.29) is 5.91 Å². The number of amides is 1. The van der Waals surface area contributed by atoms with Crippen LogP contribution in [0, 0.1) is 6.92 Å². The summed E-state index contributed by atoms with van der Waals surface area (Å²) in [5.41, 5.74) is 4.11. The maximum atomic E-state index is 14.0. The van der Waals surface area contributed by atoms with Gasteiger partial charge in [0.1, 0.15) is 5.76 Å². The summed E-state index contributed by atoms with van der Waals surface area (Å²) in [4.78, 5) is 20.1. The van der Waals surface area contributed by atoms with E-state index in [1.165, 1.54) is 0 Å². The fourth-order valence-corrected chi connectivity index (χ4v) is 4.71. The summed E-state index contributed by atoms with van der Waals surface area (Å²) >= 11 is 3.73. The van der Waals surface area contributed by atoms with Crippen molar-refractivity contribution in [2.24, 2.45) is 0 Å². The molecule has 1 aromatic heterocycles. The van der Waals surface area contributed by atoms with Crippen LogP contribution in [0.25, 0.3) is 0 Å². The van der Waals surface area contributed by atoms with E-state index in [2.05, 4.69) is 56.4 Å². The lowest BCUT2D eigenvalue weighted by atomic mass is 9.92. The Morgan fingerprint density at radius 2 is 2.03 bits per heavy atom. The first-order chi connectivity index (χ1) is 18.1. The predicted molar refractivity (Wildman–Crippen MR) is 161 cm³/mol. The van der Waals surface area contributed by atoms with Gasteiger partial charge in [0.2, 0.25) is 0 Å². The molecule has 2 unspecified atom stereocenters. The van der Waals surface area contributed by atoms with Crippen LogP contribution in [0.4, 0.5) is 6.01 Å². The monoisotopic (exact) mass is 581 g/mol. The van der Waals surface area contributed by atoms with Crippen molar-refractivity contribution in [3.8, 4) is 0 Å². The molecule has 1 aliphatic rings. The van der Waals surface area contributed by atoms with Gasteiger partial charge in [-0.25, -0.2) is 4.98 Å². The summed E-state index contributed by atoms with van der Waals surface area (Å²) in [6.07, 6.45) is 11.6. The Bertz CT molecular complexity index is 1220. The van der Waals surface area contributed by atoms with E-state index in [1.54, 1.807) is 24.2 Å². The number of carbonyl (C=O) groups is 1. The average Bonchev–Trinajstić information content (AvgIpc) is 2.96. The molecular formula is C30H40BrN5O2. The van der Waals surface area contributed by atoms with Crippen molar-refractivity contribution in [3.63, 3.8) is 0 Å². The van der Waals surface area contributed by atoms with Crippen molar-refractivity contribution in [1.29, 1.82) is 0 Å². The van der Waals surface area contributed by atoms with E-state index in [1.807, 2.05) is 77.1 Å². The minimum absolute atomic E-state index is 0.115. The number of likely N-dealkylation sites (N-methyl/N-ethyl adjacent to an activating group) is 1. The molecule has 0 fully saturated rings. The maximum Gasteiger partial charge on any atom is 0.297 e. The van der Waals surface area contributed by atoms with Crippen molar-refractivity contribution in [1.82, 2.24) is 20.5 Å². The van der Waals surface area contributed by atoms with E-state index in [4.69, 9.17) is 4.42 Å². The number of halogens is 1. The lowest BCUT2D eigenvalue weighted by Gasteiger charge is -2.38. The molecule has 7 nitrogen and oxygen atoms in total. The highest BCUT2D eigenvalue weighted by atomic mass is 79.9. The molecule has 38 heavy (non-hydrogen) atoms. The third-order valence-electron chi connectivity index (χ3n) is 5.74. The smallest absolute Gasteiger partial charge is 0.297 e. The number of carbonyl (C=O) groups excluding carboxylic acids is 1. The second-order valence-electron chi connectivity index (χ2n) is 8.97. The summed E-state index contributed by atoms with van der Waals surface area (Å²) in [5, 5.41) is 10.2. The van der Waals surface area contributed by atoms with Crippen LogP contribution in [0.1, 0.15) is 46.8 Å². The number of allylic oxidation sites excluding steroid dienone is 7. The van der Waals surface area contributed by atoms with Gasteiger partial charge in [-0.3, -0.25) is 10.1 Å². The third kappa shape index (κ3) is 8.33. The molecule has 0 bridgehead atoms. The SMILES string of the molecule is C=C/C=C(\C(Br)=CCC)C1NC(Nc2ncccccc(C)o2)NC(C)=C1C(=O)N(C)C(/C=C\C)=C(C)C. The predicted octanol–water partition coefficient (Wildman–Crippen LogP) is 6.77. The molecule has 0 saturated carbocycles. The van der Waals surface area contributed by atoms with Crippen LogP contribution in [0.2, 0.25) is 0 Å². The fraction of sp³-hybridized carbons (Fsp3) is 0.333. The van der Waals surface area contributed by atoms with Gasteiger partial charge in [-0.15, -0.1) is 0 Å². The molecule has 0 aliphatic carbocycles. The Kier molecular flexibility index (Phi) is 12.3. The molecule has 1 aliphatic heterocycles. The van der Waals surface area contributed by atoms with Crippen molar-refractivity contribution >= 4 is 27.9 Å². The minimum Gasteiger partial charge on any atom is -0.431 e. The molecule has 1 amide bonds. The maximum absolute atomic E-state index is 14.0. The molecule has 2 rings (SSSR count). The molecule has 2 heterocycles. The highest BCUT2D eigenvalue weighted by Gasteiger charge is 2.36. The van der Waals surface area contributed by atoms with E-state index in [0.717, 1.165) is 33.4 Å². The molecular weight excluding hydrogens is 542 g/mol. The molecule has 0 saturated heterocycles. The molecule has 2 atom stereocenters. The van der Waals surface area contributed by atoms with Crippen LogP contribution in [0.3, 0.4) is 0 Å². The van der Waals surface area contributed by atoms with Gasteiger partial charge in [0, 0.05) is 29.1 Å². The van der Waals surface area contributed by atoms with Gasteiger partial charge in [0.05, 0.1) is 11.6 Å². The van der Waals surface area contributed by atoms with Gasteiger partial charge >= 0.3 is 0 Å². The number of nitrogens with one attached hydrogen (secondary N) is 3. The number of nitrogens with zero attached hydrogens (tertiary/aromatic N) is 2. The van der Waals surface area contributed by atoms with Crippen LogP contribution in [-0.2, 0) is 4.79 Å². The van der Waals surface area contributed by atoms with Crippen LogP contribution in [-0.4, -0.2) is 35.2 Å². The number of anilines is 1. The van der Waals surface area contributed by atoms with Crippen LogP contribution in [0.5, 0.6) is 0 Å². The highest BCUT2D eigenvalue weighted by molar-refractivity contribution is 9.12. The van der Waals surface area contributed by atoms with Crippen LogP contribution >= 0.6 is 15.9 Å². The molecule has 8 heteroatoms. The number of aromatic nitrogens is 1. The quantitative estimate of drug-likeness (QED) is 0.279. The topological polar surface area (TPSA) is 82.4 Å². The Hall–Kier alpha value is -3.36. The summed E-state index contributed by atoms with van der Waals surface area (Å²) in [5.74, 6) is 0.572. The number of rotatable bonds is 9. The Morgan fingerprint density at radius 3 is 2.66 bits per heavy atom. The van der Waals surface area contributed by atoms with Crippen molar-refractivity contribution in [2.45, 2.75) is 60.3 Å². The molecule has 0 spiro atoms. The molecule has 204 valence electrons. The van der Waals surface area contributed by atoms with Gasteiger partial charge in [0.15, 0.2) is 6.29 Å². The van der Waals surface area contributed by atoms with Crippen molar-refractivity contribution in [3.05, 3.63) is 106 Å². The van der Waals surface area contributed by atoms with Gasteiger partial charge in [0.25, 0.3) is 11.9 Å². The Balaban J connectivity index is 2.64. The van der Waals surface area contributed by atoms with Crippen molar-refractivity contribution < 1.29 is 9.21 Å². The first-order valence-corrected chi connectivity index (χ1v) is 13.5. The van der Waals surface area contributed by atoms with Crippen LogP contribution < -0.4 is 16.0 Å². The summed E-state index contributed by atoms with van der Waals surface area (Å²) < 4.78 is 6.78. The lowest BCUT2D eigenvalue weighted by Crippen LogP contribution is -2.58. The van der Waals surface area contributed by atoms with Gasteiger partial charge < -0.3 is 20.0 Å². The summed E-state index contributed by atoms with van der Waals surface area (Å²) in [7, 11) is 1.80. The van der Waals surface area contributed by atoms with E-state index >= 15 is 0 Å². The molecule has 1 aromatic rings. The minimum atomic E-state index is -0.482. The number of hydrogen-bond donors (Lipinski definition) is 3. The van der Waals surface area contributed by atoms with Gasteiger partial charge in [-0.05, 0) is 64.8 Å². The second kappa shape index (κ2) is 15.1. The summed E-state index contributed by atoms with van der Waals surface area (Å²) in [6, 6.07) is 7.31. The molecule has 0 radical (unpaired) electrons. The van der Waals surface area contributed by atoms with E-state index < -0.39 is 12.3 Å². The number of aryl methyl sites for hydroxylation is 1. The Morgan fingerprint density at radius 1 is 1.29 bits per heavy atom. The Labute approximate surface area is 235 Å². The standard InChI is InChI=1S/C30H40BrN5O2/c1-9-15-23(24(31)16-10-2)27-26(28(37)36(8)25(17-11-3)20(4)5)22(7)33-29(34-27)35-30-32-19-14-12-13-18-21(6)38-30/h9,11-19,27,29,33-34H,1,10H2,2-8H3,(H,32,35)/b13-12?,17-11-,19-14?,21-18?,23-15+,24-16?. The molecule has 3 N–H and O–H groups in total. The number of hydrogen-bond acceptors (Lipinski definition) is 6. The van der Waals surface area contributed by atoms with Gasteiger partial charge in [-0.2, -0.15) is 0 Å². The second-order valence-corrected chi connectivity index (χ2v) is 9.82. The molecule has 0 aromatic carbocycles.